The van der Waals surface area contributed by atoms with E-state index in [9.17, 15) is 18.0 Å². The average molecular weight is 407 g/mol. The Balaban J connectivity index is 0.00000117. The lowest BCUT2D eigenvalue weighted by atomic mass is 9.93. The summed E-state index contributed by atoms with van der Waals surface area (Å²) in [6.45, 7) is 4.00. The van der Waals surface area contributed by atoms with Crippen molar-refractivity contribution in [3.05, 3.63) is 59.1 Å². The number of aryl methyl sites for hydroxylation is 1. The van der Waals surface area contributed by atoms with E-state index < -0.39 is 12.2 Å². The van der Waals surface area contributed by atoms with E-state index in [2.05, 4.69) is 5.43 Å². The van der Waals surface area contributed by atoms with E-state index in [0.717, 1.165) is 22.9 Å². The van der Waals surface area contributed by atoms with E-state index in [1.54, 1.807) is 24.1 Å². The van der Waals surface area contributed by atoms with Gasteiger partial charge < -0.3 is 9.64 Å². The van der Waals surface area contributed by atoms with Gasteiger partial charge in [0.1, 0.15) is 6.04 Å². The van der Waals surface area contributed by atoms with Crippen LogP contribution < -0.4 is 10.3 Å². The van der Waals surface area contributed by atoms with Crippen molar-refractivity contribution in [2.24, 2.45) is 0 Å². The second-order valence-electron chi connectivity index (χ2n) is 6.62. The molecule has 0 spiro atoms. The van der Waals surface area contributed by atoms with Crippen molar-refractivity contribution in [1.29, 1.82) is 0 Å². The molecule has 0 bridgehead atoms. The van der Waals surface area contributed by atoms with Crippen molar-refractivity contribution in [2.75, 3.05) is 19.1 Å². The lowest BCUT2D eigenvalue weighted by Crippen LogP contribution is -2.44. The van der Waals surface area contributed by atoms with Crippen molar-refractivity contribution in [1.82, 2.24) is 10.4 Å². The van der Waals surface area contributed by atoms with Gasteiger partial charge >= 0.3 is 6.18 Å². The fourth-order valence-corrected chi connectivity index (χ4v) is 3.58. The highest BCUT2D eigenvalue weighted by molar-refractivity contribution is 5.96. The Kier molecular flexibility index (Phi) is 5.75. The third-order valence-electron chi connectivity index (χ3n) is 5.02. The van der Waals surface area contributed by atoms with Crippen LogP contribution in [0.2, 0.25) is 0 Å². The molecule has 1 unspecified atom stereocenters. The number of benzene rings is 1. The summed E-state index contributed by atoms with van der Waals surface area (Å²) >= 11 is 0. The number of nitrogens with zero attached hydrogens (tertiary/aromatic N) is 2. The van der Waals surface area contributed by atoms with Gasteiger partial charge in [0.15, 0.2) is 0 Å². The van der Waals surface area contributed by atoms with Gasteiger partial charge in [-0.05, 0) is 41.8 Å². The van der Waals surface area contributed by atoms with Crippen molar-refractivity contribution in [3.8, 4) is 0 Å². The number of allylic oxidation sites excluding steroid dienone is 3. The summed E-state index contributed by atoms with van der Waals surface area (Å²) in [5, 5.41) is 1.32. The van der Waals surface area contributed by atoms with Crippen LogP contribution in [0.15, 0.2) is 48.0 Å². The molecular weight excluding hydrogens is 383 g/mol. The molecular formula is C21H24F3N3O2. The van der Waals surface area contributed by atoms with Gasteiger partial charge in [0.2, 0.25) is 11.8 Å². The molecule has 1 atom stereocenters. The van der Waals surface area contributed by atoms with E-state index in [0.29, 0.717) is 30.0 Å². The minimum absolute atomic E-state index is 0.0571. The first-order valence-corrected chi connectivity index (χ1v) is 9.50. The van der Waals surface area contributed by atoms with Crippen molar-refractivity contribution < 1.29 is 22.7 Å². The number of nitrogens with one attached hydrogen (secondary N) is 1. The zero-order chi connectivity index (χ0) is 21.3. The molecule has 1 amide bonds. The third kappa shape index (κ3) is 3.76. The highest BCUT2D eigenvalue weighted by atomic mass is 19.4. The standard InChI is InChI=1S/C19H18F3N3O2.C2H6/c1-24-14-6-3-11(9-12(14)4-7-17(24)26)13-5-8-18(27-2)25-15(13)10-16(23-25)19(20,21)22;1-2/h3,5-6,8-10,16,23H,4,7H2,1-2H3;1-2H3. The molecule has 0 aliphatic carbocycles. The summed E-state index contributed by atoms with van der Waals surface area (Å²) in [7, 11) is 3.14. The summed E-state index contributed by atoms with van der Waals surface area (Å²) in [4.78, 5) is 13.5. The number of alkyl halides is 3. The Labute approximate surface area is 168 Å². The number of halogens is 3. The van der Waals surface area contributed by atoms with E-state index in [1.165, 1.54) is 12.1 Å². The number of ether oxygens (including phenoxy) is 1. The smallest absolute Gasteiger partial charge is 0.409 e. The van der Waals surface area contributed by atoms with Crippen LogP contribution in [0, 0.1) is 0 Å². The third-order valence-corrected chi connectivity index (χ3v) is 5.02. The minimum atomic E-state index is -4.41. The Morgan fingerprint density at radius 2 is 1.90 bits per heavy atom. The molecule has 3 heterocycles. The molecule has 0 radical (unpaired) electrons. The topological polar surface area (TPSA) is 44.8 Å². The molecule has 0 fully saturated rings. The molecule has 3 aliphatic heterocycles. The van der Waals surface area contributed by atoms with Crippen LogP contribution in [0.3, 0.4) is 0 Å². The summed E-state index contributed by atoms with van der Waals surface area (Å²) in [6, 6.07) is 3.82. The molecule has 0 aromatic heterocycles. The molecule has 156 valence electrons. The Hall–Kier alpha value is -2.74. The number of hydrazine groups is 1. The first-order valence-electron chi connectivity index (χ1n) is 9.50. The van der Waals surface area contributed by atoms with Crippen LogP contribution in [0.25, 0.3) is 5.57 Å². The van der Waals surface area contributed by atoms with Crippen molar-refractivity contribution >= 4 is 17.2 Å². The Bertz CT molecular complexity index is 903. The maximum atomic E-state index is 13.2. The van der Waals surface area contributed by atoms with Gasteiger partial charge in [-0.3, -0.25) is 4.79 Å². The minimum Gasteiger partial charge on any atom is -0.481 e. The number of carbonyl (C=O) groups is 1. The molecule has 3 aliphatic rings. The zero-order valence-electron chi connectivity index (χ0n) is 16.8. The normalized spacial score (nSPS) is 20.7. The van der Waals surface area contributed by atoms with Crippen LogP contribution in [-0.2, 0) is 16.0 Å². The highest BCUT2D eigenvalue weighted by Crippen LogP contribution is 2.39. The summed E-state index contributed by atoms with van der Waals surface area (Å²) in [5.74, 6) is 0.349. The average Bonchev–Trinajstić information content (AvgIpc) is 3.17. The largest absolute Gasteiger partial charge is 0.481 e. The van der Waals surface area contributed by atoms with Crippen LogP contribution in [0.5, 0.6) is 0 Å². The van der Waals surface area contributed by atoms with E-state index in [4.69, 9.17) is 4.74 Å². The van der Waals surface area contributed by atoms with Gasteiger partial charge in [0.25, 0.3) is 0 Å². The molecule has 0 saturated heterocycles. The van der Waals surface area contributed by atoms with E-state index in [1.807, 2.05) is 32.0 Å². The highest BCUT2D eigenvalue weighted by Gasteiger charge is 2.45. The Morgan fingerprint density at radius 3 is 2.55 bits per heavy atom. The second-order valence-corrected chi connectivity index (χ2v) is 6.62. The zero-order valence-corrected chi connectivity index (χ0v) is 16.8. The molecule has 8 heteroatoms. The number of anilines is 1. The molecule has 1 aromatic rings. The Morgan fingerprint density at radius 1 is 1.17 bits per heavy atom. The number of carbonyl (C=O) groups excluding carboxylic acids is 1. The number of fused-ring (bicyclic) bond motifs is 2. The van der Waals surface area contributed by atoms with Gasteiger partial charge in [0, 0.05) is 30.8 Å². The van der Waals surface area contributed by atoms with Crippen molar-refractivity contribution in [2.45, 2.75) is 38.9 Å². The fourth-order valence-electron chi connectivity index (χ4n) is 3.58. The SMILES string of the molecule is CC.COC1=CC=C(c2ccc3c(c2)CCC(=O)N3C)C2=CC(C(F)(F)F)NN12. The van der Waals surface area contributed by atoms with Crippen LogP contribution in [-0.4, -0.2) is 37.3 Å². The predicted octanol–water partition coefficient (Wildman–Crippen LogP) is 4.14. The summed E-state index contributed by atoms with van der Waals surface area (Å²) in [6.07, 6.45) is 1.17. The lowest BCUT2D eigenvalue weighted by Gasteiger charge is -2.30. The number of rotatable bonds is 2. The summed E-state index contributed by atoms with van der Waals surface area (Å²) in [5.41, 5.74) is 6.14. The monoisotopic (exact) mass is 407 g/mol. The van der Waals surface area contributed by atoms with Gasteiger partial charge in [-0.25, -0.2) is 10.4 Å². The molecule has 1 aromatic carbocycles. The fraction of sp³-hybridized carbons (Fsp3) is 0.381. The first-order chi connectivity index (χ1) is 13.8. The molecule has 29 heavy (non-hydrogen) atoms. The van der Waals surface area contributed by atoms with E-state index in [-0.39, 0.29) is 5.91 Å². The number of methoxy groups -OCH3 is 1. The molecule has 5 nitrogen and oxygen atoms in total. The van der Waals surface area contributed by atoms with Crippen LogP contribution in [0.4, 0.5) is 18.9 Å². The molecule has 1 N–H and O–H groups in total. The van der Waals surface area contributed by atoms with Gasteiger partial charge in [-0.15, -0.1) is 0 Å². The van der Waals surface area contributed by atoms with Crippen molar-refractivity contribution in [3.63, 3.8) is 0 Å². The molecule has 4 rings (SSSR count). The second kappa shape index (κ2) is 7.94. The number of hydrogen-bond acceptors (Lipinski definition) is 4. The van der Waals surface area contributed by atoms with Gasteiger partial charge in [-0.1, -0.05) is 19.9 Å². The van der Waals surface area contributed by atoms with Crippen LogP contribution >= 0.6 is 0 Å². The first kappa shape index (κ1) is 21.0. The molecule has 0 saturated carbocycles. The maximum absolute atomic E-state index is 13.2. The van der Waals surface area contributed by atoms with E-state index >= 15 is 0 Å². The number of hydrogen-bond donors (Lipinski definition) is 1. The van der Waals surface area contributed by atoms with Gasteiger partial charge in [-0.2, -0.15) is 13.2 Å². The number of amides is 1. The van der Waals surface area contributed by atoms with Crippen LogP contribution in [0.1, 0.15) is 31.4 Å². The van der Waals surface area contributed by atoms with Gasteiger partial charge in [0.05, 0.1) is 12.8 Å². The quantitative estimate of drug-likeness (QED) is 0.800. The summed E-state index contributed by atoms with van der Waals surface area (Å²) < 4.78 is 44.8. The maximum Gasteiger partial charge on any atom is 0.409 e. The lowest BCUT2D eigenvalue weighted by molar-refractivity contribution is -0.149. The predicted molar refractivity (Wildman–Crippen MR) is 105 cm³/mol.